The molecule has 21 heavy (non-hydrogen) atoms. The molecule has 2 heterocycles. The maximum atomic E-state index is 12.1. The van der Waals surface area contributed by atoms with Gasteiger partial charge in [0, 0.05) is 18.5 Å². The third-order valence-corrected chi connectivity index (χ3v) is 3.25. The van der Waals surface area contributed by atoms with Crippen molar-refractivity contribution in [3.8, 4) is 0 Å². The van der Waals surface area contributed by atoms with Gasteiger partial charge in [-0.2, -0.15) is 0 Å². The Morgan fingerprint density at radius 3 is 2.90 bits per heavy atom. The fourth-order valence-corrected chi connectivity index (χ4v) is 2.14. The Morgan fingerprint density at radius 2 is 2.19 bits per heavy atom. The van der Waals surface area contributed by atoms with Crippen molar-refractivity contribution >= 4 is 22.9 Å². The Balaban J connectivity index is 2.03. The molecular formula is C12H8ClN5O3. The molecule has 0 saturated heterocycles. The molecule has 0 atom stereocenters. The molecule has 3 aromatic rings. The van der Waals surface area contributed by atoms with Crippen LogP contribution in [-0.4, -0.2) is 24.1 Å². The predicted octanol–water partition coefficient (Wildman–Crippen LogP) is 1.50. The summed E-state index contributed by atoms with van der Waals surface area (Å²) in [4.78, 5) is 26.3. The Bertz CT molecular complexity index is 901. The van der Waals surface area contributed by atoms with Crippen LogP contribution in [0, 0.1) is 10.1 Å². The van der Waals surface area contributed by atoms with Crippen LogP contribution in [-0.2, 0) is 6.54 Å². The number of nitro groups is 1. The number of nitrogens with zero attached hydrogens (tertiary/aromatic N) is 5. The minimum absolute atomic E-state index is 0.0512. The van der Waals surface area contributed by atoms with Crippen LogP contribution in [0.2, 0.25) is 5.02 Å². The van der Waals surface area contributed by atoms with Crippen LogP contribution in [0.25, 0.3) is 5.65 Å². The van der Waals surface area contributed by atoms with Gasteiger partial charge in [-0.1, -0.05) is 17.7 Å². The van der Waals surface area contributed by atoms with E-state index in [1.807, 2.05) is 0 Å². The number of aromatic nitrogens is 4. The maximum absolute atomic E-state index is 12.1. The average molecular weight is 306 g/mol. The van der Waals surface area contributed by atoms with Crippen LogP contribution in [0.4, 0.5) is 5.69 Å². The molecule has 9 heteroatoms. The van der Waals surface area contributed by atoms with E-state index in [9.17, 15) is 14.9 Å². The van der Waals surface area contributed by atoms with Crippen molar-refractivity contribution in [2.75, 3.05) is 0 Å². The normalized spacial score (nSPS) is 10.9. The Morgan fingerprint density at radius 1 is 1.38 bits per heavy atom. The van der Waals surface area contributed by atoms with Gasteiger partial charge in [0.2, 0.25) is 0 Å². The molecule has 0 aliphatic heterocycles. The van der Waals surface area contributed by atoms with Gasteiger partial charge in [-0.15, -0.1) is 5.10 Å². The summed E-state index contributed by atoms with van der Waals surface area (Å²) in [5.41, 5.74) is 0.424. The Hall–Kier alpha value is -2.74. The summed E-state index contributed by atoms with van der Waals surface area (Å²) in [6, 6.07) is 4.37. The van der Waals surface area contributed by atoms with Crippen LogP contribution in [0.5, 0.6) is 0 Å². The number of fused-ring (bicyclic) bond motifs is 1. The Kier molecular flexibility index (Phi) is 3.15. The lowest BCUT2D eigenvalue weighted by Gasteiger charge is -2.01. The lowest BCUT2D eigenvalue weighted by molar-refractivity contribution is -0.384. The van der Waals surface area contributed by atoms with Gasteiger partial charge in [0.15, 0.2) is 5.65 Å². The zero-order chi connectivity index (χ0) is 15.0. The zero-order valence-corrected chi connectivity index (χ0v) is 11.3. The maximum Gasteiger partial charge on any atom is 0.350 e. The van der Waals surface area contributed by atoms with Crippen molar-refractivity contribution in [2.45, 2.75) is 6.54 Å². The fourth-order valence-electron chi connectivity index (χ4n) is 1.95. The second-order valence-electron chi connectivity index (χ2n) is 4.29. The number of rotatable bonds is 3. The first kappa shape index (κ1) is 13.3. The molecule has 0 N–H and O–H groups in total. The highest BCUT2D eigenvalue weighted by Crippen LogP contribution is 2.25. The summed E-state index contributed by atoms with van der Waals surface area (Å²) in [6.45, 7) is 0.110. The third kappa shape index (κ3) is 2.36. The largest absolute Gasteiger partial charge is 0.350 e. The first-order valence-corrected chi connectivity index (χ1v) is 6.26. The molecule has 0 fully saturated rings. The van der Waals surface area contributed by atoms with Gasteiger partial charge < -0.3 is 0 Å². The molecule has 0 amide bonds. The lowest BCUT2D eigenvalue weighted by Crippen LogP contribution is -2.21. The van der Waals surface area contributed by atoms with Gasteiger partial charge in [-0.05, 0) is 11.6 Å². The summed E-state index contributed by atoms with van der Waals surface area (Å²) in [7, 11) is 0. The molecule has 0 aliphatic carbocycles. The van der Waals surface area contributed by atoms with Crippen LogP contribution in [0.1, 0.15) is 5.56 Å². The smallest absolute Gasteiger partial charge is 0.259 e. The van der Waals surface area contributed by atoms with E-state index in [0.29, 0.717) is 11.2 Å². The van der Waals surface area contributed by atoms with Gasteiger partial charge in [0.1, 0.15) is 5.02 Å². The molecule has 0 radical (unpaired) electrons. The number of benzene rings is 1. The van der Waals surface area contributed by atoms with E-state index in [4.69, 9.17) is 11.6 Å². The van der Waals surface area contributed by atoms with Crippen molar-refractivity contribution < 1.29 is 4.92 Å². The molecule has 0 aliphatic rings. The summed E-state index contributed by atoms with van der Waals surface area (Å²) >= 11 is 5.75. The number of hydrogen-bond acceptors (Lipinski definition) is 5. The van der Waals surface area contributed by atoms with E-state index in [2.05, 4.69) is 10.1 Å². The van der Waals surface area contributed by atoms with Gasteiger partial charge in [0.05, 0.1) is 17.7 Å². The minimum Gasteiger partial charge on any atom is -0.259 e. The summed E-state index contributed by atoms with van der Waals surface area (Å²) in [5, 5.41) is 15.0. The second-order valence-corrected chi connectivity index (χ2v) is 4.69. The Labute approximate surface area is 122 Å². The van der Waals surface area contributed by atoms with E-state index in [1.165, 1.54) is 39.8 Å². The third-order valence-electron chi connectivity index (χ3n) is 2.93. The van der Waals surface area contributed by atoms with Gasteiger partial charge in [-0.3, -0.25) is 15.1 Å². The van der Waals surface area contributed by atoms with Crippen molar-refractivity contribution in [2.24, 2.45) is 0 Å². The molecule has 106 valence electrons. The van der Waals surface area contributed by atoms with Crippen LogP contribution in [0.15, 0.2) is 41.6 Å². The standard InChI is InChI=1S/C12H8ClN5O3/c13-9-2-1-8(5-10(9)18(20)21)7-17-12(19)16-4-3-14-6-11(16)15-17/h1-6H,7H2. The fraction of sp³-hybridized carbons (Fsp3) is 0.0833. The van der Waals surface area contributed by atoms with E-state index >= 15 is 0 Å². The highest BCUT2D eigenvalue weighted by molar-refractivity contribution is 6.32. The molecule has 0 saturated carbocycles. The van der Waals surface area contributed by atoms with Gasteiger partial charge in [0.25, 0.3) is 5.69 Å². The highest BCUT2D eigenvalue weighted by Gasteiger charge is 2.14. The summed E-state index contributed by atoms with van der Waals surface area (Å²) < 4.78 is 2.56. The van der Waals surface area contributed by atoms with Gasteiger partial charge >= 0.3 is 5.69 Å². The first-order chi connectivity index (χ1) is 10.1. The van der Waals surface area contributed by atoms with Crippen molar-refractivity contribution in [1.82, 2.24) is 19.2 Å². The van der Waals surface area contributed by atoms with Crippen molar-refractivity contribution in [3.05, 3.63) is 68.0 Å². The van der Waals surface area contributed by atoms with E-state index in [1.54, 1.807) is 6.07 Å². The van der Waals surface area contributed by atoms with Crippen molar-refractivity contribution in [3.63, 3.8) is 0 Å². The van der Waals surface area contributed by atoms with E-state index in [-0.39, 0.29) is 22.9 Å². The molecule has 2 aromatic heterocycles. The average Bonchev–Trinajstić information content (AvgIpc) is 2.78. The van der Waals surface area contributed by atoms with E-state index in [0.717, 1.165) is 0 Å². The molecule has 1 aromatic carbocycles. The molecule has 0 spiro atoms. The topological polar surface area (TPSA) is 95.3 Å². The molecule has 3 rings (SSSR count). The predicted molar refractivity (Wildman–Crippen MR) is 74.5 cm³/mol. The summed E-state index contributed by atoms with van der Waals surface area (Å²) in [6.07, 6.45) is 4.45. The zero-order valence-electron chi connectivity index (χ0n) is 10.5. The molecular weight excluding hydrogens is 298 g/mol. The quantitative estimate of drug-likeness (QED) is 0.540. The summed E-state index contributed by atoms with van der Waals surface area (Å²) in [5.74, 6) is 0. The van der Waals surface area contributed by atoms with Crippen LogP contribution >= 0.6 is 11.6 Å². The molecule has 0 unspecified atom stereocenters. The highest BCUT2D eigenvalue weighted by atomic mass is 35.5. The number of hydrogen-bond donors (Lipinski definition) is 0. The van der Waals surface area contributed by atoms with Crippen LogP contribution in [0.3, 0.4) is 0 Å². The molecule has 8 nitrogen and oxygen atoms in total. The first-order valence-electron chi connectivity index (χ1n) is 5.88. The van der Waals surface area contributed by atoms with Gasteiger partial charge in [-0.25, -0.2) is 13.9 Å². The molecule has 0 bridgehead atoms. The minimum atomic E-state index is -0.567. The second kappa shape index (κ2) is 4.98. The monoisotopic (exact) mass is 305 g/mol. The van der Waals surface area contributed by atoms with E-state index < -0.39 is 4.92 Å². The lowest BCUT2D eigenvalue weighted by atomic mass is 10.2. The SMILES string of the molecule is O=c1n(Cc2ccc(Cl)c([N+](=O)[O-])c2)nc2cnccn12. The number of nitro benzene ring substituents is 1. The number of halogens is 1. The van der Waals surface area contributed by atoms with Crippen LogP contribution < -0.4 is 5.69 Å². The van der Waals surface area contributed by atoms with Crippen molar-refractivity contribution in [1.29, 1.82) is 0 Å².